The summed E-state index contributed by atoms with van der Waals surface area (Å²) in [6, 6.07) is 92.7. The first kappa shape index (κ1) is 44.2. The summed E-state index contributed by atoms with van der Waals surface area (Å²) in [7, 11) is 0. The van der Waals surface area contributed by atoms with Gasteiger partial charge in [-0.1, -0.05) is 182 Å². The molecule has 0 amide bonds. The number of hydrogen-bond acceptors (Lipinski definition) is 5. The maximum absolute atomic E-state index is 10.4. The molecule has 4 heterocycles. The van der Waals surface area contributed by atoms with E-state index in [2.05, 4.69) is 203 Å². The van der Waals surface area contributed by atoms with Gasteiger partial charge in [-0.25, -0.2) is 19.9 Å². The van der Waals surface area contributed by atoms with Gasteiger partial charge in [-0.05, 0) is 90.0 Å². The van der Waals surface area contributed by atoms with E-state index in [9.17, 15) is 5.26 Å². The molecule has 0 fully saturated rings. The Hall–Kier alpha value is -10.6. The van der Waals surface area contributed by atoms with Gasteiger partial charge in [-0.3, -0.25) is 0 Å². The molecule has 354 valence electrons. The number of benzene rings is 10. The van der Waals surface area contributed by atoms with Crippen molar-refractivity contribution in [3.05, 3.63) is 266 Å². The van der Waals surface area contributed by atoms with Gasteiger partial charge < -0.3 is 9.13 Å². The van der Waals surface area contributed by atoms with Crippen LogP contribution in [0.1, 0.15) is 5.56 Å². The SMILES string of the molecule is N#Cc1ccc(-n2c3ccccc3c3cc(-c4cc(-c5nc(-c6ccccc6)cc(-c6ccccc6)n5)cc(-n5c6ccccc6c6ccccc65)c4)ccc32)c(-c2nc(-c3ccccc3)cc(-c3ccccc3)n2)c1. The van der Waals surface area contributed by atoms with Gasteiger partial charge in [0.1, 0.15) is 0 Å². The van der Waals surface area contributed by atoms with Crippen molar-refractivity contribution in [2.75, 3.05) is 0 Å². The number of fused-ring (bicyclic) bond motifs is 6. The van der Waals surface area contributed by atoms with Gasteiger partial charge >= 0.3 is 0 Å². The number of nitriles is 1. The van der Waals surface area contributed by atoms with E-state index < -0.39 is 0 Å². The van der Waals surface area contributed by atoms with Crippen LogP contribution in [0.15, 0.2) is 261 Å². The minimum Gasteiger partial charge on any atom is -0.309 e. The molecule has 0 aliphatic heterocycles. The third kappa shape index (κ3) is 7.77. The van der Waals surface area contributed by atoms with E-state index in [1.807, 2.05) is 72.8 Å². The second-order valence-electron chi connectivity index (χ2n) is 19.0. The Morgan fingerprint density at radius 3 is 1.21 bits per heavy atom. The van der Waals surface area contributed by atoms with Gasteiger partial charge in [-0.15, -0.1) is 0 Å². The number of aromatic nitrogens is 6. The predicted octanol–water partition coefficient (Wildman–Crippen LogP) is 17.0. The molecule has 0 saturated heterocycles. The zero-order chi connectivity index (χ0) is 50.5. The predicted molar refractivity (Wildman–Crippen MR) is 309 cm³/mol. The topological polar surface area (TPSA) is 85.2 Å². The second-order valence-corrected chi connectivity index (χ2v) is 19.0. The lowest BCUT2D eigenvalue weighted by Gasteiger charge is -2.16. The standard InChI is InChI=1S/C69H43N7/c70-44-45-33-35-67(58(37-45)69-73-61(48-23-9-3-10-24-48)43-62(74-69)49-25-11-4-12-26-49)76-65-32-18-15-29-56(65)57-41-50(34-36-66(57)76)51-38-52(40-53(39-51)75-63-30-16-13-27-54(63)55-28-14-17-31-64(55)75)68-71-59(46-19-5-1-6-20-46)42-60(72-68)47-21-7-2-8-22-47/h1-43H. The van der Waals surface area contributed by atoms with Gasteiger partial charge in [0, 0.05) is 60.6 Å². The zero-order valence-corrected chi connectivity index (χ0v) is 41.0. The summed E-state index contributed by atoms with van der Waals surface area (Å²) in [4.78, 5) is 21.2. The van der Waals surface area contributed by atoms with Gasteiger partial charge in [0.25, 0.3) is 0 Å². The highest BCUT2D eigenvalue weighted by Gasteiger charge is 2.22. The number of rotatable bonds is 9. The van der Waals surface area contributed by atoms with Gasteiger partial charge in [0.15, 0.2) is 11.6 Å². The molecule has 0 aliphatic rings. The van der Waals surface area contributed by atoms with Crippen LogP contribution >= 0.6 is 0 Å². The van der Waals surface area contributed by atoms with Gasteiger partial charge in [0.05, 0.1) is 62.2 Å². The van der Waals surface area contributed by atoms with E-state index >= 15 is 0 Å². The Kier molecular flexibility index (Phi) is 10.7. The van der Waals surface area contributed by atoms with Crippen molar-refractivity contribution in [1.29, 1.82) is 5.26 Å². The van der Waals surface area contributed by atoms with E-state index in [1.54, 1.807) is 0 Å². The number of hydrogen-bond donors (Lipinski definition) is 0. The highest BCUT2D eigenvalue weighted by Crippen LogP contribution is 2.41. The molecular formula is C69H43N7. The van der Waals surface area contributed by atoms with E-state index in [-0.39, 0.29) is 0 Å². The molecule has 0 atom stereocenters. The molecule has 0 unspecified atom stereocenters. The molecule has 76 heavy (non-hydrogen) atoms. The molecule has 0 bridgehead atoms. The average molecular weight is 970 g/mol. The van der Waals surface area contributed by atoms with Crippen LogP contribution in [-0.4, -0.2) is 29.1 Å². The molecule has 0 radical (unpaired) electrons. The van der Waals surface area contributed by atoms with Crippen LogP contribution in [-0.2, 0) is 0 Å². The molecule has 0 spiro atoms. The van der Waals surface area contributed by atoms with Crippen LogP contribution < -0.4 is 0 Å². The maximum atomic E-state index is 10.4. The molecule has 7 heteroatoms. The summed E-state index contributed by atoms with van der Waals surface area (Å²) in [5, 5.41) is 14.9. The highest BCUT2D eigenvalue weighted by molar-refractivity contribution is 6.12. The molecule has 14 aromatic rings. The van der Waals surface area contributed by atoms with Crippen molar-refractivity contribution < 1.29 is 0 Å². The Labute approximate surface area is 438 Å². The first-order chi connectivity index (χ1) is 37.6. The molecule has 0 N–H and O–H groups in total. The Balaban J connectivity index is 0.993. The Morgan fingerprint density at radius 1 is 0.289 bits per heavy atom. The molecule has 0 saturated carbocycles. The first-order valence-electron chi connectivity index (χ1n) is 25.3. The third-order valence-corrected chi connectivity index (χ3v) is 14.4. The van der Waals surface area contributed by atoms with Crippen LogP contribution in [0, 0.1) is 11.3 Å². The van der Waals surface area contributed by atoms with E-state index in [4.69, 9.17) is 19.9 Å². The lowest BCUT2D eigenvalue weighted by Crippen LogP contribution is -2.02. The molecule has 0 aliphatic carbocycles. The summed E-state index contributed by atoms with van der Waals surface area (Å²) >= 11 is 0. The van der Waals surface area contributed by atoms with Crippen molar-refractivity contribution in [2.45, 2.75) is 0 Å². The summed E-state index contributed by atoms with van der Waals surface area (Å²) < 4.78 is 4.66. The molecule has 7 nitrogen and oxygen atoms in total. The van der Waals surface area contributed by atoms with Crippen molar-refractivity contribution in [1.82, 2.24) is 29.1 Å². The fourth-order valence-electron chi connectivity index (χ4n) is 10.8. The zero-order valence-electron chi connectivity index (χ0n) is 41.0. The quantitative estimate of drug-likeness (QED) is 0.144. The van der Waals surface area contributed by atoms with E-state index in [0.717, 1.165) is 111 Å². The van der Waals surface area contributed by atoms with Crippen LogP contribution in [0.25, 0.3) is 134 Å². The Bertz CT molecular complexity index is 4410. The maximum Gasteiger partial charge on any atom is 0.162 e. The monoisotopic (exact) mass is 969 g/mol. The highest BCUT2D eigenvalue weighted by atomic mass is 15.0. The summed E-state index contributed by atoms with van der Waals surface area (Å²) in [6.45, 7) is 0. The third-order valence-electron chi connectivity index (χ3n) is 14.4. The molecular weight excluding hydrogens is 927 g/mol. The lowest BCUT2D eigenvalue weighted by atomic mass is 9.99. The van der Waals surface area contributed by atoms with Crippen molar-refractivity contribution in [2.24, 2.45) is 0 Å². The lowest BCUT2D eigenvalue weighted by molar-refractivity contribution is 1.14. The summed E-state index contributed by atoms with van der Waals surface area (Å²) in [5.74, 6) is 1.15. The minimum atomic E-state index is 0.518. The first-order valence-corrected chi connectivity index (χ1v) is 25.3. The van der Waals surface area contributed by atoms with Crippen LogP contribution in [0.2, 0.25) is 0 Å². The van der Waals surface area contributed by atoms with E-state index in [0.29, 0.717) is 17.2 Å². The molecule has 14 rings (SSSR count). The second kappa shape index (κ2) is 18.5. The van der Waals surface area contributed by atoms with Crippen LogP contribution in [0.3, 0.4) is 0 Å². The van der Waals surface area contributed by atoms with Gasteiger partial charge in [-0.2, -0.15) is 5.26 Å². The molecule has 10 aromatic carbocycles. The average Bonchev–Trinajstić information content (AvgIpc) is 4.04. The van der Waals surface area contributed by atoms with E-state index in [1.165, 1.54) is 10.8 Å². The fourth-order valence-corrected chi connectivity index (χ4v) is 10.8. The minimum absolute atomic E-state index is 0.518. The number of para-hydroxylation sites is 3. The smallest absolute Gasteiger partial charge is 0.162 e. The Morgan fingerprint density at radius 2 is 0.711 bits per heavy atom. The largest absolute Gasteiger partial charge is 0.309 e. The summed E-state index contributed by atoms with van der Waals surface area (Å²) in [5.41, 5.74) is 17.6. The summed E-state index contributed by atoms with van der Waals surface area (Å²) in [6.07, 6.45) is 0. The molecule has 4 aromatic heterocycles. The van der Waals surface area contributed by atoms with Crippen LogP contribution in [0.5, 0.6) is 0 Å². The van der Waals surface area contributed by atoms with Crippen LogP contribution in [0.4, 0.5) is 0 Å². The van der Waals surface area contributed by atoms with Gasteiger partial charge in [0.2, 0.25) is 0 Å². The van der Waals surface area contributed by atoms with Crippen molar-refractivity contribution >= 4 is 43.6 Å². The van der Waals surface area contributed by atoms with Crippen molar-refractivity contribution in [3.63, 3.8) is 0 Å². The number of nitrogens with zero attached hydrogens (tertiary/aromatic N) is 7. The normalized spacial score (nSPS) is 11.4. The van der Waals surface area contributed by atoms with Crippen molar-refractivity contribution in [3.8, 4) is 96.4 Å². The fraction of sp³-hybridized carbons (Fsp3) is 0.